The number of anilines is 5. The van der Waals surface area contributed by atoms with Crippen LogP contribution in [0.15, 0.2) is 60.9 Å². The van der Waals surface area contributed by atoms with Crippen LogP contribution in [0.1, 0.15) is 0 Å². The number of nitro groups is 1. The molecular formula is C21H22N6O3. The number of hydrogen-bond donors (Lipinski definition) is 1. The van der Waals surface area contributed by atoms with Crippen molar-refractivity contribution >= 4 is 34.4 Å². The lowest BCUT2D eigenvalue weighted by Crippen LogP contribution is -2.36. The summed E-state index contributed by atoms with van der Waals surface area (Å²) in [7, 11) is 1.84. The van der Waals surface area contributed by atoms with Crippen LogP contribution in [0.25, 0.3) is 0 Å². The van der Waals surface area contributed by atoms with E-state index in [0.29, 0.717) is 19.0 Å². The van der Waals surface area contributed by atoms with Crippen LogP contribution >= 0.6 is 0 Å². The van der Waals surface area contributed by atoms with Crippen LogP contribution in [0.5, 0.6) is 0 Å². The second kappa shape index (κ2) is 8.75. The Morgan fingerprint density at radius 1 is 1.13 bits per heavy atom. The SMILES string of the molecule is CN(c1cccnc1)c1ccc([N+](=O)[O-])c(Nc2ccc(N3CCOCC3)cc2)n1. The van der Waals surface area contributed by atoms with Crippen LogP contribution in [-0.2, 0) is 4.74 Å². The van der Waals surface area contributed by atoms with Gasteiger partial charge in [-0.1, -0.05) is 0 Å². The molecule has 1 saturated heterocycles. The van der Waals surface area contributed by atoms with Gasteiger partial charge in [-0.05, 0) is 42.5 Å². The van der Waals surface area contributed by atoms with Crippen molar-refractivity contribution in [2.24, 2.45) is 0 Å². The number of benzene rings is 1. The monoisotopic (exact) mass is 406 g/mol. The van der Waals surface area contributed by atoms with Crippen molar-refractivity contribution in [1.82, 2.24) is 9.97 Å². The fourth-order valence-electron chi connectivity index (χ4n) is 3.27. The third kappa shape index (κ3) is 4.31. The van der Waals surface area contributed by atoms with Gasteiger partial charge in [0, 0.05) is 43.8 Å². The van der Waals surface area contributed by atoms with E-state index in [1.807, 2.05) is 48.3 Å². The zero-order valence-corrected chi connectivity index (χ0v) is 16.6. The Hall–Kier alpha value is -3.72. The average Bonchev–Trinajstić information content (AvgIpc) is 2.80. The zero-order chi connectivity index (χ0) is 20.9. The van der Waals surface area contributed by atoms with Gasteiger partial charge < -0.3 is 19.9 Å². The lowest BCUT2D eigenvalue weighted by atomic mass is 10.2. The minimum Gasteiger partial charge on any atom is -0.378 e. The van der Waals surface area contributed by atoms with Crippen LogP contribution in [0.4, 0.5) is 34.4 Å². The molecule has 0 aliphatic carbocycles. The number of nitrogens with zero attached hydrogens (tertiary/aromatic N) is 5. The first-order chi connectivity index (χ1) is 14.6. The van der Waals surface area contributed by atoms with Gasteiger partial charge in [0.05, 0.1) is 30.0 Å². The normalized spacial score (nSPS) is 13.7. The Morgan fingerprint density at radius 2 is 1.90 bits per heavy atom. The van der Waals surface area contributed by atoms with Crippen molar-refractivity contribution in [2.45, 2.75) is 0 Å². The first kappa shape index (κ1) is 19.6. The number of hydrogen-bond acceptors (Lipinski definition) is 8. The van der Waals surface area contributed by atoms with E-state index in [4.69, 9.17) is 4.74 Å². The molecule has 3 heterocycles. The number of nitrogens with one attached hydrogen (secondary N) is 1. The summed E-state index contributed by atoms with van der Waals surface area (Å²) >= 11 is 0. The topological polar surface area (TPSA) is 96.7 Å². The molecule has 9 heteroatoms. The minimum atomic E-state index is -0.439. The molecule has 1 fully saturated rings. The molecule has 0 spiro atoms. The van der Waals surface area contributed by atoms with E-state index in [1.165, 1.54) is 6.07 Å². The van der Waals surface area contributed by atoms with E-state index in [0.717, 1.165) is 30.2 Å². The van der Waals surface area contributed by atoms with E-state index >= 15 is 0 Å². The molecule has 4 rings (SSSR count). The molecule has 0 amide bonds. The molecule has 1 aromatic carbocycles. The summed E-state index contributed by atoms with van der Waals surface area (Å²) in [5.41, 5.74) is 2.57. The summed E-state index contributed by atoms with van der Waals surface area (Å²) in [5, 5.41) is 14.6. The summed E-state index contributed by atoms with van der Waals surface area (Å²) in [4.78, 5) is 23.7. The highest BCUT2D eigenvalue weighted by molar-refractivity contribution is 5.71. The van der Waals surface area contributed by atoms with Crippen molar-refractivity contribution in [3.05, 3.63) is 71.0 Å². The molecule has 2 aromatic heterocycles. The summed E-state index contributed by atoms with van der Waals surface area (Å²) in [6.07, 6.45) is 3.40. The Kier molecular flexibility index (Phi) is 5.71. The third-order valence-electron chi connectivity index (χ3n) is 4.94. The van der Waals surface area contributed by atoms with Gasteiger partial charge in [-0.15, -0.1) is 0 Å². The molecule has 0 atom stereocenters. The maximum Gasteiger partial charge on any atom is 0.311 e. The number of morpholine rings is 1. The summed E-state index contributed by atoms with van der Waals surface area (Å²) in [5.74, 6) is 0.758. The lowest BCUT2D eigenvalue weighted by Gasteiger charge is -2.28. The van der Waals surface area contributed by atoms with Gasteiger partial charge in [-0.2, -0.15) is 0 Å². The van der Waals surface area contributed by atoms with Gasteiger partial charge in [0.15, 0.2) is 0 Å². The van der Waals surface area contributed by atoms with Crippen LogP contribution in [-0.4, -0.2) is 48.2 Å². The second-order valence-electron chi connectivity index (χ2n) is 6.84. The van der Waals surface area contributed by atoms with E-state index < -0.39 is 4.92 Å². The van der Waals surface area contributed by atoms with Crippen LogP contribution in [0.2, 0.25) is 0 Å². The van der Waals surface area contributed by atoms with Crippen LogP contribution in [0.3, 0.4) is 0 Å². The highest BCUT2D eigenvalue weighted by Crippen LogP contribution is 2.31. The first-order valence-electron chi connectivity index (χ1n) is 9.61. The Balaban J connectivity index is 1.58. The predicted molar refractivity (Wildman–Crippen MR) is 116 cm³/mol. The smallest absolute Gasteiger partial charge is 0.311 e. The van der Waals surface area contributed by atoms with Crippen molar-refractivity contribution in [1.29, 1.82) is 0 Å². The molecule has 0 bridgehead atoms. The van der Waals surface area contributed by atoms with Crippen LogP contribution in [0, 0.1) is 10.1 Å². The molecule has 1 aliphatic heterocycles. The van der Waals surface area contributed by atoms with Crippen LogP contribution < -0.4 is 15.1 Å². The molecule has 0 radical (unpaired) electrons. The zero-order valence-electron chi connectivity index (χ0n) is 16.6. The van der Waals surface area contributed by atoms with Crippen molar-refractivity contribution < 1.29 is 9.66 Å². The van der Waals surface area contributed by atoms with Crippen molar-refractivity contribution in [3.8, 4) is 0 Å². The molecular weight excluding hydrogens is 384 g/mol. The highest BCUT2D eigenvalue weighted by Gasteiger charge is 2.19. The third-order valence-corrected chi connectivity index (χ3v) is 4.94. The Bertz CT molecular complexity index is 1010. The fraction of sp³-hybridized carbons (Fsp3) is 0.238. The van der Waals surface area contributed by atoms with Gasteiger partial charge in [-0.3, -0.25) is 15.1 Å². The standard InChI is InChI=1S/C21H22N6O3/c1-25(18-3-2-10-22-15-18)20-9-8-19(27(28)29)21(24-20)23-16-4-6-17(7-5-16)26-11-13-30-14-12-26/h2-10,15H,11-14H2,1H3,(H,23,24). The number of ether oxygens (including phenoxy) is 1. The lowest BCUT2D eigenvalue weighted by molar-refractivity contribution is -0.384. The molecule has 9 nitrogen and oxygen atoms in total. The van der Waals surface area contributed by atoms with Gasteiger partial charge in [0.2, 0.25) is 5.82 Å². The van der Waals surface area contributed by atoms with Gasteiger partial charge in [0.25, 0.3) is 0 Å². The Morgan fingerprint density at radius 3 is 2.57 bits per heavy atom. The number of aromatic nitrogens is 2. The molecule has 1 N–H and O–H groups in total. The Labute approximate surface area is 174 Å². The maximum absolute atomic E-state index is 11.5. The summed E-state index contributed by atoms with van der Waals surface area (Å²) < 4.78 is 5.39. The largest absolute Gasteiger partial charge is 0.378 e. The summed E-state index contributed by atoms with van der Waals surface area (Å²) in [6, 6.07) is 14.6. The molecule has 0 unspecified atom stereocenters. The molecule has 0 saturated carbocycles. The van der Waals surface area contributed by atoms with E-state index in [1.54, 1.807) is 18.5 Å². The summed E-state index contributed by atoms with van der Waals surface area (Å²) in [6.45, 7) is 3.13. The quantitative estimate of drug-likeness (QED) is 0.489. The van der Waals surface area contributed by atoms with Gasteiger partial charge >= 0.3 is 5.69 Å². The minimum absolute atomic E-state index is 0.0874. The van der Waals surface area contributed by atoms with E-state index in [2.05, 4.69) is 20.2 Å². The number of pyridine rings is 2. The number of rotatable bonds is 6. The maximum atomic E-state index is 11.5. The van der Waals surface area contributed by atoms with E-state index in [-0.39, 0.29) is 11.5 Å². The predicted octanol–water partition coefficient (Wildman–Crippen LogP) is 3.73. The van der Waals surface area contributed by atoms with Crippen molar-refractivity contribution in [2.75, 3.05) is 48.5 Å². The van der Waals surface area contributed by atoms with Gasteiger partial charge in [0.1, 0.15) is 5.82 Å². The molecule has 1 aliphatic rings. The fourth-order valence-corrected chi connectivity index (χ4v) is 3.27. The molecule has 3 aromatic rings. The average molecular weight is 406 g/mol. The molecule has 154 valence electrons. The van der Waals surface area contributed by atoms with E-state index in [9.17, 15) is 10.1 Å². The van der Waals surface area contributed by atoms with Crippen molar-refractivity contribution in [3.63, 3.8) is 0 Å². The van der Waals surface area contributed by atoms with Gasteiger partial charge in [-0.25, -0.2) is 4.98 Å². The molecule has 30 heavy (non-hydrogen) atoms. The highest BCUT2D eigenvalue weighted by atomic mass is 16.6. The first-order valence-corrected chi connectivity index (χ1v) is 9.61. The second-order valence-corrected chi connectivity index (χ2v) is 6.84.